The van der Waals surface area contributed by atoms with Crippen LogP contribution in [0.2, 0.25) is 10.0 Å². The van der Waals surface area contributed by atoms with Crippen LogP contribution in [0.3, 0.4) is 0 Å². The summed E-state index contributed by atoms with van der Waals surface area (Å²) in [6.07, 6.45) is 0.121. The zero-order valence-electron chi connectivity index (χ0n) is 18.4. The number of ketones is 1. The van der Waals surface area contributed by atoms with Gasteiger partial charge >= 0.3 is 12.0 Å². The molecule has 0 bridgehead atoms. The smallest absolute Gasteiger partial charge is 0.329 e. The van der Waals surface area contributed by atoms with Gasteiger partial charge in [0, 0.05) is 12.8 Å². The Labute approximate surface area is 210 Å². The summed E-state index contributed by atoms with van der Waals surface area (Å²) < 4.78 is 0. The highest BCUT2D eigenvalue weighted by Crippen LogP contribution is 2.32. The van der Waals surface area contributed by atoms with Crippen LogP contribution in [0.1, 0.15) is 36.0 Å². The Hall–Kier alpha value is -3.62. The molecule has 4 rings (SSSR count). The SMILES string of the molecule is O=C1CCC(NC(=O)c2cc3ccccc3cc2NC(=O)Nc2c(Cl)cccc2Cl)(C(=O)O)CC1. The van der Waals surface area contributed by atoms with Crippen molar-refractivity contribution < 1.29 is 24.3 Å². The summed E-state index contributed by atoms with van der Waals surface area (Å²) in [4.78, 5) is 49.9. The first-order valence-corrected chi connectivity index (χ1v) is 11.6. The highest BCUT2D eigenvalue weighted by molar-refractivity contribution is 6.39. The van der Waals surface area contributed by atoms with Gasteiger partial charge in [0.1, 0.15) is 11.3 Å². The summed E-state index contributed by atoms with van der Waals surface area (Å²) in [7, 11) is 0. The van der Waals surface area contributed by atoms with Crippen molar-refractivity contribution >= 4 is 69.0 Å². The molecule has 1 aliphatic carbocycles. The molecule has 0 unspecified atom stereocenters. The van der Waals surface area contributed by atoms with Crippen molar-refractivity contribution in [3.63, 3.8) is 0 Å². The normalized spacial score (nSPS) is 14.9. The zero-order chi connectivity index (χ0) is 25.2. The fourth-order valence-electron chi connectivity index (χ4n) is 4.05. The van der Waals surface area contributed by atoms with E-state index in [0.29, 0.717) is 0 Å². The minimum atomic E-state index is -1.57. The quantitative estimate of drug-likeness (QED) is 0.359. The summed E-state index contributed by atoms with van der Waals surface area (Å²) in [6.45, 7) is 0. The molecule has 0 atom stereocenters. The molecule has 3 amide bonds. The summed E-state index contributed by atoms with van der Waals surface area (Å²) >= 11 is 12.3. The van der Waals surface area contributed by atoms with Crippen molar-refractivity contribution in [2.45, 2.75) is 31.2 Å². The number of carbonyl (C=O) groups is 4. The lowest BCUT2D eigenvalue weighted by molar-refractivity contribution is -0.146. The monoisotopic (exact) mass is 513 g/mol. The highest BCUT2D eigenvalue weighted by Gasteiger charge is 2.43. The molecule has 0 saturated heterocycles. The first-order chi connectivity index (χ1) is 16.7. The van der Waals surface area contributed by atoms with Crippen LogP contribution in [0, 0.1) is 0 Å². The van der Waals surface area contributed by atoms with Gasteiger partial charge in [-0.25, -0.2) is 9.59 Å². The number of hydrogen-bond donors (Lipinski definition) is 4. The average molecular weight is 514 g/mol. The third-order valence-electron chi connectivity index (χ3n) is 6.00. The first-order valence-electron chi connectivity index (χ1n) is 10.8. The molecule has 8 nitrogen and oxygen atoms in total. The lowest BCUT2D eigenvalue weighted by Gasteiger charge is -2.33. The molecule has 0 aromatic heterocycles. The number of urea groups is 1. The molecule has 1 aliphatic rings. The molecular weight excluding hydrogens is 493 g/mol. The van der Waals surface area contributed by atoms with Gasteiger partial charge in [-0.1, -0.05) is 53.5 Å². The lowest BCUT2D eigenvalue weighted by Crippen LogP contribution is -2.56. The number of carbonyl (C=O) groups excluding carboxylic acids is 3. The van der Waals surface area contributed by atoms with Gasteiger partial charge in [0.15, 0.2) is 0 Å². The molecule has 35 heavy (non-hydrogen) atoms. The topological polar surface area (TPSA) is 125 Å². The number of halogens is 2. The van der Waals surface area contributed by atoms with Crippen molar-refractivity contribution in [3.05, 3.63) is 70.2 Å². The number of fused-ring (bicyclic) bond motifs is 1. The molecule has 3 aromatic carbocycles. The van der Waals surface area contributed by atoms with Gasteiger partial charge in [-0.15, -0.1) is 0 Å². The first kappa shape index (κ1) is 24.5. The van der Waals surface area contributed by atoms with E-state index in [2.05, 4.69) is 16.0 Å². The van der Waals surface area contributed by atoms with Gasteiger partial charge in [-0.3, -0.25) is 9.59 Å². The summed E-state index contributed by atoms with van der Waals surface area (Å²) in [5.74, 6) is -1.93. The molecule has 0 heterocycles. The third kappa shape index (κ3) is 5.23. The maximum atomic E-state index is 13.3. The van der Waals surface area contributed by atoms with Gasteiger partial charge in [-0.2, -0.15) is 0 Å². The predicted molar refractivity (Wildman–Crippen MR) is 134 cm³/mol. The number of hydrogen-bond acceptors (Lipinski definition) is 4. The second kappa shape index (κ2) is 9.93. The van der Waals surface area contributed by atoms with Gasteiger partial charge in [0.05, 0.1) is 27.0 Å². The van der Waals surface area contributed by atoms with E-state index in [4.69, 9.17) is 23.2 Å². The van der Waals surface area contributed by atoms with Crippen molar-refractivity contribution in [2.24, 2.45) is 0 Å². The number of carboxylic acid groups (broad SMARTS) is 1. The summed E-state index contributed by atoms with van der Waals surface area (Å²) in [5.41, 5.74) is -1.13. The highest BCUT2D eigenvalue weighted by atomic mass is 35.5. The Morgan fingerprint density at radius 3 is 2.06 bits per heavy atom. The number of carboxylic acids is 1. The second-order valence-electron chi connectivity index (χ2n) is 8.30. The largest absolute Gasteiger partial charge is 0.480 e. The van der Waals surface area contributed by atoms with Crippen LogP contribution in [0.4, 0.5) is 16.2 Å². The molecule has 0 aliphatic heterocycles. The number of rotatable bonds is 5. The lowest BCUT2D eigenvalue weighted by atomic mass is 9.81. The van der Waals surface area contributed by atoms with E-state index in [-0.39, 0.29) is 58.5 Å². The van der Waals surface area contributed by atoms with Gasteiger partial charge in [-0.05, 0) is 47.9 Å². The van der Waals surface area contributed by atoms with Gasteiger partial charge < -0.3 is 21.1 Å². The molecule has 0 spiro atoms. The fraction of sp³-hybridized carbons (Fsp3) is 0.200. The Kier molecular flexibility index (Phi) is 6.95. The Bertz CT molecular complexity index is 1330. The molecule has 180 valence electrons. The van der Waals surface area contributed by atoms with Crippen LogP contribution >= 0.6 is 23.2 Å². The molecule has 10 heteroatoms. The van der Waals surface area contributed by atoms with Crippen LogP contribution in [-0.4, -0.2) is 34.3 Å². The van der Waals surface area contributed by atoms with Crippen LogP contribution < -0.4 is 16.0 Å². The fourth-order valence-corrected chi connectivity index (χ4v) is 4.54. The van der Waals surface area contributed by atoms with Crippen LogP contribution in [0.15, 0.2) is 54.6 Å². The van der Waals surface area contributed by atoms with E-state index in [0.717, 1.165) is 10.8 Å². The molecule has 3 aromatic rings. The molecule has 1 saturated carbocycles. The Morgan fingerprint density at radius 2 is 1.46 bits per heavy atom. The van der Waals surface area contributed by atoms with E-state index in [1.54, 1.807) is 42.5 Å². The molecule has 0 radical (unpaired) electrons. The van der Waals surface area contributed by atoms with Crippen LogP contribution in [0.5, 0.6) is 0 Å². The van der Waals surface area contributed by atoms with Crippen molar-refractivity contribution in [1.29, 1.82) is 0 Å². The average Bonchev–Trinajstić information content (AvgIpc) is 2.82. The minimum Gasteiger partial charge on any atom is -0.480 e. The van der Waals surface area contributed by atoms with Gasteiger partial charge in [0.25, 0.3) is 5.91 Å². The maximum absolute atomic E-state index is 13.3. The van der Waals surface area contributed by atoms with E-state index in [1.165, 1.54) is 0 Å². The van der Waals surface area contributed by atoms with Crippen molar-refractivity contribution in [2.75, 3.05) is 10.6 Å². The van der Waals surface area contributed by atoms with Crippen LogP contribution in [-0.2, 0) is 9.59 Å². The minimum absolute atomic E-state index is 0.00522. The third-order valence-corrected chi connectivity index (χ3v) is 6.63. The van der Waals surface area contributed by atoms with E-state index >= 15 is 0 Å². The molecule has 1 fully saturated rings. The van der Waals surface area contributed by atoms with Crippen LogP contribution in [0.25, 0.3) is 10.8 Å². The standard InChI is InChI=1S/C25H21Cl2N3O5/c26-18-6-3-7-19(27)21(18)29-24(35)28-20-13-15-5-2-1-4-14(15)12-17(20)22(32)30-25(23(33)34)10-8-16(31)9-11-25/h1-7,12-13H,8-11H2,(H,30,32)(H,33,34)(H2,28,29,35). The summed E-state index contributed by atoms with van der Waals surface area (Å²) in [5, 5.41) is 19.6. The Morgan fingerprint density at radius 1 is 0.857 bits per heavy atom. The van der Waals surface area contributed by atoms with E-state index in [9.17, 15) is 24.3 Å². The number of amides is 3. The molecule has 4 N–H and O–H groups in total. The Balaban J connectivity index is 1.66. The number of Topliss-reactive ketones (excluding diaryl/α,β-unsaturated/α-hetero) is 1. The zero-order valence-corrected chi connectivity index (χ0v) is 19.9. The van der Waals surface area contributed by atoms with Crippen molar-refractivity contribution in [1.82, 2.24) is 5.32 Å². The van der Waals surface area contributed by atoms with Crippen molar-refractivity contribution in [3.8, 4) is 0 Å². The summed E-state index contributed by atoms with van der Waals surface area (Å²) in [6, 6.07) is 14.5. The predicted octanol–water partition coefficient (Wildman–Crippen LogP) is 5.49. The maximum Gasteiger partial charge on any atom is 0.329 e. The van der Waals surface area contributed by atoms with E-state index < -0.39 is 23.4 Å². The number of benzene rings is 3. The van der Waals surface area contributed by atoms with E-state index in [1.807, 2.05) is 12.1 Å². The number of nitrogens with one attached hydrogen (secondary N) is 3. The van der Waals surface area contributed by atoms with Gasteiger partial charge in [0.2, 0.25) is 0 Å². The number of anilines is 2. The second-order valence-corrected chi connectivity index (χ2v) is 9.12. The number of aliphatic carboxylic acids is 1. The number of para-hydroxylation sites is 1. The molecular formula is C25H21Cl2N3O5.